The first-order valence-corrected chi connectivity index (χ1v) is 9.70. The molecule has 0 aromatic heterocycles. The van der Waals surface area contributed by atoms with E-state index in [1.807, 2.05) is 6.07 Å². The summed E-state index contributed by atoms with van der Waals surface area (Å²) in [6.45, 7) is 10.4. The van der Waals surface area contributed by atoms with Crippen molar-refractivity contribution in [2.75, 3.05) is 6.61 Å². The van der Waals surface area contributed by atoms with Crippen LogP contribution in [0.4, 0.5) is 0 Å². The van der Waals surface area contributed by atoms with E-state index < -0.39 is 0 Å². The highest BCUT2D eigenvalue weighted by molar-refractivity contribution is 5.14. The van der Waals surface area contributed by atoms with E-state index in [4.69, 9.17) is 4.74 Å². The summed E-state index contributed by atoms with van der Waals surface area (Å²) in [5.41, 5.74) is 6.13. The van der Waals surface area contributed by atoms with Gasteiger partial charge in [-0.25, -0.2) is 0 Å². The standard InChI is InChI=1S/C24H34O/c1-20(2)10-8-9-13-23(21(3)4)14-15-24(16-17-24)19-25-18-22-11-6-5-7-12-22/h5-8,11-12,14-15,21,23H,9,13,16-19H2,1-4H3/b15-14+/t23-/m1/s1. The van der Waals surface area contributed by atoms with Crippen LogP contribution in [-0.2, 0) is 11.3 Å². The number of allylic oxidation sites excluding steroid dienone is 2. The Morgan fingerprint density at radius 2 is 1.92 bits per heavy atom. The summed E-state index contributed by atoms with van der Waals surface area (Å²) in [5.74, 6) is 1.32. The second kappa shape index (κ2) is 9.80. The van der Waals surface area contributed by atoms with Crippen LogP contribution in [0.3, 0.4) is 0 Å². The second-order valence-electron chi connectivity index (χ2n) is 8.03. The average Bonchev–Trinajstić information content (AvgIpc) is 3.34. The molecule has 0 unspecified atom stereocenters. The third-order valence-electron chi connectivity index (χ3n) is 4.98. The van der Waals surface area contributed by atoms with Crippen molar-refractivity contribution in [1.29, 1.82) is 0 Å². The average molecular weight is 339 g/mol. The maximum absolute atomic E-state index is 5.99. The van der Waals surface area contributed by atoms with Gasteiger partial charge in [-0.2, -0.15) is 0 Å². The Labute approximate surface area is 154 Å². The molecule has 0 spiro atoms. The number of ether oxygens (including phenoxy) is 1. The minimum absolute atomic E-state index is 0.303. The van der Waals surface area contributed by atoms with Gasteiger partial charge < -0.3 is 4.74 Å². The van der Waals surface area contributed by atoms with Crippen molar-refractivity contribution in [3.63, 3.8) is 0 Å². The Kier molecular flexibility index (Phi) is 7.75. The fraction of sp³-hybridized carbons (Fsp3) is 0.542. The maximum Gasteiger partial charge on any atom is 0.0717 e. The minimum Gasteiger partial charge on any atom is -0.376 e. The first-order valence-electron chi connectivity index (χ1n) is 9.70. The molecule has 0 aliphatic heterocycles. The molecule has 1 nitrogen and oxygen atoms in total. The molecule has 1 aromatic carbocycles. The lowest BCUT2D eigenvalue weighted by Gasteiger charge is -2.18. The van der Waals surface area contributed by atoms with Crippen molar-refractivity contribution < 1.29 is 4.74 Å². The Bertz CT molecular complexity index is 594. The summed E-state index contributed by atoms with van der Waals surface area (Å²) in [4.78, 5) is 0. The third-order valence-corrected chi connectivity index (χ3v) is 4.98. The van der Waals surface area contributed by atoms with Gasteiger partial charge in [0.15, 0.2) is 0 Å². The monoisotopic (exact) mass is 338 g/mol. The second-order valence-corrected chi connectivity index (χ2v) is 8.03. The maximum atomic E-state index is 5.99. The summed E-state index contributed by atoms with van der Waals surface area (Å²) in [6, 6.07) is 10.5. The zero-order chi connectivity index (χ0) is 18.1. The normalized spacial score (nSPS) is 16.7. The lowest BCUT2D eigenvalue weighted by Crippen LogP contribution is -2.10. The molecule has 25 heavy (non-hydrogen) atoms. The highest BCUT2D eigenvalue weighted by atomic mass is 16.5. The minimum atomic E-state index is 0.303. The molecular formula is C24H34O. The van der Waals surface area contributed by atoms with E-state index in [1.165, 1.54) is 30.4 Å². The molecule has 1 aromatic rings. The fourth-order valence-electron chi connectivity index (χ4n) is 3.00. The molecule has 136 valence electrons. The van der Waals surface area contributed by atoms with E-state index in [1.54, 1.807) is 0 Å². The Balaban J connectivity index is 1.81. The molecule has 2 rings (SSSR count). The summed E-state index contributed by atoms with van der Waals surface area (Å²) in [5, 5.41) is 0. The van der Waals surface area contributed by atoms with Crippen molar-refractivity contribution in [2.45, 2.75) is 60.0 Å². The number of rotatable bonds is 10. The zero-order valence-corrected chi connectivity index (χ0v) is 16.4. The van der Waals surface area contributed by atoms with Gasteiger partial charge in [0.25, 0.3) is 0 Å². The summed E-state index contributed by atoms with van der Waals surface area (Å²) >= 11 is 0. The zero-order valence-electron chi connectivity index (χ0n) is 16.4. The van der Waals surface area contributed by atoms with Crippen LogP contribution in [0.15, 0.2) is 59.9 Å². The van der Waals surface area contributed by atoms with Gasteiger partial charge >= 0.3 is 0 Å². The highest BCUT2D eigenvalue weighted by Gasteiger charge is 2.40. The SMILES string of the molecule is CC(C)=C=CCC[C@H](/C=C/C1(COCc2ccccc2)CC1)C(C)C. The van der Waals surface area contributed by atoms with Crippen LogP contribution < -0.4 is 0 Å². The molecule has 0 bridgehead atoms. The molecule has 0 amide bonds. The molecular weight excluding hydrogens is 304 g/mol. The number of benzene rings is 1. The molecule has 1 aliphatic rings. The van der Waals surface area contributed by atoms with E-state index in [2.05, 4.69) is 75.9 Å². The van der Waals surface area contributed by atoms with Gasteiger partial charge in [0.1, 0.15) is 0 Å². The summed E-state index contributed by atoms with van der Waals surface area (Å²) in [7, 11) is 0. The van der Waals surface area contributed by atoms with Crippen LogP contribution in [0.2, 0.25) is 0 Å². The summed E-state index contributed by atoms with van der Waals surface area (Å²) < 4.78 is 5.99. The number of hydrogen-bond acceptors (Lipinski definition) is 1. The molecule has 1 heteroatoms. The Hall–Kier alpha value is -1.56. The molecule has 1 aliphatic carbocycles. The molecule has 0 heterocycles. The lowest BCUT2D eigenvalue weighted by atomic mass is 9.89. The fourth-order valence-corrected chi connectivity index (χ4v) is 3.00. The van der Waals surface area contributed by atoms with Crippen LogP contribution in [0.1, 0.15) is 58.9 Å². The molecule has 0 N–H and O–H groups in total. The first-order chi connectivity index (χ1) is 12.0. The van der Waals surface area contributed by atoms with Gasteiger partial charge in [-0.1, -0.05) is 56.3 Å². The van der Waals surface area contributed by atoms with Crippen molar-refractivity contribution >= 4 is 0 Å². The Morgan fingerprint density at radius 3 is 2.52 bits per heavy atom. The Morgan fingerprint density at radius 1 is 1.20 bits per heavy atom. The smallest absolute Gasteiger partial charge is 0.0717 e. The van der Waals surface area contributed by atoms with Crippen molar-refractivity contribution in [1.82, 2.24) is 0 Å². The number of hydrogen-bond donors (Lipinski definition) is 0. The lowest BCUT2D eigenvalue weighted by molar-refractivity contribution is 0.0924. The van der Waals surface area contributed by atoms with Gasteiger partial charge in [0, 0.05) is 5.41 Å². The molecule has 0 saturated heterocycles. The van der Waals surface area contributed by atoms with Gasteiger partial charge in [-0.3, -0.25) is 0 Å². The first kappa shape index (κ1) is 19.8. The van der Waals surface area contributed by atoms with Gasteiger partial charge in [0.2, 0.25) is 0 Å². The van der Waals surface area contributed by atoms with E-state index >= 15 is 0 Å². The van der Waals surface area contributed by atoms with Crippen LogP contribution in [0.25, 0.3) is 0 Å². The van der Waals surface area contributed by atoms with Crippen LogP contribution >= 0.6 is 0 Å². The summed E-state index contributed by atoms with van der Waals surface area (Å²) in [6.07, 6.45) is 11.9. The predicted octanol–water partition coefficient (Wildman–Crippen LogP) is 6.71. The largest absolute Gasteiger partial charge is 0.376 e. The molecule has 0 radical (unpaired) electrons. The molecule has 1 fully saturated rings. The van der Waals surface area contributed by atoms with Gasteiger partial charge in [0.05, 0.1) is 13.2 Å². The van der Waals surface area contributed by atoms with Crippen LogP contribution in [-0.4, -0.2) is 6.61 Å². The van der Waals surface area contributed by atoms with Crippen molar-refractivity contribution in [3.05, 3.63) is 65.4 Å². The van der Waals surface area contributed by atoms with Crippen molar-refractivity contribution in [3.8, 4) is 0 Å². The molecule has 1 atom stereocenters. The van der Waals surface area contributed by atoms with E-state index in [-0.39, 0.29) is 0 Å². The van der Waals surface area contributed by atoms with E-state index in [0.717, 1.165) is 19.6 Å². The topological polar surface area (TPSA) is 9.23 Å². The highest BCUT2D eigenvalue weighted by Crippen LogP contribution is 2.48. The van der Waals surface area contributed by atoms with Gasteiger partial charge in [-0.05, 0) is 68.6 Å². The molecule has 1 saturated carbocycles. The van der Waals surface area contributed by atoms with Crippen LogP contribution in [0, 0.1) is 17.3 Å². The van der Waals surface area contributed by atoms with E-state index in [9.17, 15) is 0 Å². The quantitative estimate of drug-likeness (QED) is 0.340. The van der Waals surface area contributed by atoms with E-state index in [0.29, 0.717) is 17.3 Å². The van der Waals surface area contributed by atoms with Gasteiger partial charge in [-0.15, -0.1) is 5.73 Å². The van der Waals surface area contributed by atoms with Crippen LogP contribution in [0.5, 0.6) is 0 Å². The predicted molar refractivity (Wildman–Crippen MR) is 107 cm³/mol. The third kappa shape index (κ3) is 7.46. The van der Waals surface area contributed by atoms with Crippen molar-refractivity contribution in [2.24, 2.45) is 17.3 Å².